The van der Waals surface area contributed by atoms with Gasteiger partial charge >= 0.3 is 0 Å². The smallest absolute Gasteiger partial charge is 0.296 e. The van der Waals surface area contributed by atoms with Gasteiger partial charge in [0.1, 0.15) is 0 Å². The summed E-state index contributed by atoms with van der Waals surface area (Å²) in [4.78, 5) is 20.5. The molecule has 2 aromatic heterocycles. The monoisotopic (exact) mass is 481 g/mol. The Morgan fingerprint density at radius 1 is 0.886 bits per heavy atom. The number of imidazole rings is 1. The van der Waals surface area contributed by atoms with Crippen molar-refractivity contribution in [3.05, 3.63) is 30.1 Å². The van der Waals surface area contributed by atoms with Gasteiger partial charge in [-0.3, -0.25) is 4.57 Å². The van der Waals surface area contributed by atoms with Crippen LogP contribution in [0.15, 0.2) is 24.3 Å². The molecule has 1 saturated heterocycles. The summed E-state index contributed by atoms with van der Waals surface area (Å²) in [5.41, 5.74) is 1.03. The zero-order valence-electron chi connectivity index (χ0n) is 19.5. The van der Waals surface area contributed by atoms with Crippen LogP contribution in [0.2, 0.25) is 0 Å². The summed E-state index contributed by atoms with van der Waals surface area (Å²) in [5.74, 6) is 3.06. The first-order valence-electron chi connectivity index (χ1n) is 12.7. The molecule has 1 N–H and O–H groups in total. The molecule has 3 aromatic rings. The van der Waals surface area contributed by atoms with Crippen molar-refractivity contribution in [1.82, 2.24) is 24.5 Å². The third-order valence-corrected chi connectivity index (χ3v) is 8.30. The van der Waals surface area contributed by atoms with E-state index in [-0.39, 0.29) is 17.3 Å². The zero-order valence-corrected chi connectivity index (χ0v) is 19.5. The number of fused-ring (bicyclic) bond motifs is 1. The molecule has 0 spiro atoms. The first-order chi connectivity index (χ1) is 17.1. The lowest BCUT2D eigenvalue weighted by atomic mass is 9.53. The van der Waals surface area contributed by atoms with Gasteiger partial charge in [0.15, 0.2) is 5.82 Å². The van der Waals surface area contributed by atoms with Crippen molar-refractivity contribution in [3.63, 3.8) is 0 Å². The lowest BCUT2D eigenvalue weighted by molar-refractivity contribution is 0.0103. The van der Waals surface area contributed by atoms with E-state index < -0.39 is 6.43 Å². The molecule has 35 heavy (non-hydrogen) atoms. The Labute approximate surface area is 202 Å². The minimum atomic E-state index is -2.76. The van der Waals surface area contributed by atoms with E-state index in [4.69, 9.17) is 14.7 Å². The second kappa shape index (κ2) is 8.08. The van der Waals surface area contributed by atoms with Crippen LogP contribution in [0.4, 0.5) is 20.7 Å². The maximum absolute atomic E-state index is 14.1. The number of hydrogen-bond acceptors (Lipinski definition) is 7. The highest BCUT2D eigenvalue weighted by molar-refractivity contribution is 5.77. The van der Waals surface area contributed by atoms with Crippen LogP contribution in [-0.2, 0) is 4.74 Å². The van der Waals surface area contributed by atoms with Gasteiger partial charge in [0.25, 0.3) is 6.43 Å². The summed E-state index contributed by atoms with van der Waals surface area (Å²) in [6.07, 6.45) is 4.63. The fourth-order valence-corrected chi connectivity index (χ4v) is 7.32. The largest absolute Gasteiger partial charge is 0.378 e. The number of ether oxygens (including phenoxy) is 1. The number of alkyl halides is 2. The minimum absolute atomic E-state index is 0.0157. The van der Waals surface area contributed by atoms with Crippen LogP contribution in [-0.4, -0.2) is 56.3 Å². The number of rotatable bonds is 5. The lowest BCUT2D eigenvalue weighted by Crippen LogP contribution is -2.55. The van der Waals surface area contributed by atoms with Crippen LogP contribution in [0.25, 0.3) is 17.0 Å². The summed E-state index contributed by atoms with van der Waals surface area (Å²) in [6.45, 7) is 2.45. The summed E-state index contributed by atoms with van der Waals surface area (Å²) < 4.78 is 35.1. The van der Waals surface area contributed by atoms with Gasteiger partial charge < -0.3 is 15.0 Å². The third kappa shape index (κ3) is 3.73. The van der Waals surface area contributed by atoms with E-state index in [1.54, 1.807) is 18.2 Å². The van der Waals surface area contributed by atoms with Gasteiger partial charge in [-0.05, 0) is 68.4 Å². The molecule has 0 unspecified atom stereocenters. The van der Waals surface area contributed by atoms with Gasteiger partial charge in [-0.15, -0.1) is 0 Å². The molecule has 1 aliphatic heterocycles. The van der Waals surface area contributed by atoms with Crippen LogP contribution < -0.4 is 10.2 Å². The van der Waals surface area contributed by atoms with Crippen LogP contribution in [0.5, 0.6) is 0 Å². The standard InChI is InChI=1S/C25H29F2N7O/c26-20(27)21-28-18-3-1-2-4-19(18)34(21)24-30-22(29-23(31-24)33-5-7-35-8-6-33)32-25-12-15-9-16(13-25)11-17(10-15)14-25/h1-4,15-17,20H,5-14H2,(H,29,30,31,32). The number of anilines is 2. The van der Waals surface area contributed by atoms with E-state index in [0.717, 1.165) is 37.0 Å². The Morgan fingerprint density at radius 3 is 2.23 bits per heavy atom. The number of benzene rings is 1. The van der Waals surface area contributed by atoms with Gasteiger partial charge in [0, 0.05) is 18.6 Å². The number of hydrogen-bond donors (Lipinski definition) is 1. The predicted molar refractivity (Wildman–Crippen MR) is 127 cm³/mol. The van der Waals surface area contributed by atoms with E-state index in [0.29, 0.717) is 49.2 Å². The molecular formula is C25H29F2N7O. The number of aromatic nitrogens is 5. The maximum Gasteiger partial charge on any atom is 0.296 e. The van der Waals surface area contributed by atoms with Crippen LogP contribution in [0.1, 0.15) is 50.8 Å². The lowest BCUT2D eigenvalue weighted by Gasteiger charge is -2.56. The minimum Gasteiger partial charge on any atom is -0.378 e. The van der Waals surface area contributed by atoms with E-state index in [9.17, 15) is 8.78 Å². The molecule has 3 heterocycles. The van der Waals surface area contributed by atoms with Gasteiger partial charge in [0.2, 0.25) is 17.8 Å². The number of halogens is 2. The second-order valence-electron chi connectivity index (χ2n) is 10.8. The molecule has 8 nitrogen and oxygen atoms in total. The average molecular weight is 482 g/mol. The Hall–Kier alpha value is -2.88. The fraction of sp³-hybridized carbons (Fsp3) is 0.600. The van der Waals surface area contributed by atoms with Crippen LogP contribution in [0.3, 0.4) is 0 Å². The molecule has 0 amide bonds. The van der Waals surface area contributed by atoms with Crippen molar-refractivity contribution in [3.8, 4) is 5.95 Å². The molecule has 4 saturated carbocycles. The molecule has 5 aliphatic rings. The summed E-state index contributed by atoms with van der Waals surface area (Å²) in [6, 6.07) is 7.12. The molecule has 0 atom stereocenters. The highest BCUT2D eigenvalue weighted by atomic mass is 19.3. The van der Waals surface area contributed by atoms with Gasteiger partial charge in [-0.1, -0.05) is 12.1 Å². The maximum atomic E-state index is 14.1. The predicted octanol–water partition coefficient (Wildman–Crippen LogP) is 4.37. The van der Waals surface area contributed by atoms with E-state index >= 15 is 0 Å². The van der Waals surface area contributed by atoms with Crippen molar-refractivity contribution in [2.75, 3.05) is 36.5 Å². The Bertz CT molecular complexity index is 1220. The highest BCUT2D eigenvalue weighted by Gasteiger charge is 2.51. The summed E-state index contributed by atoms with van der Waals surface area (Å²) in [5, 5.41) is 3.72. The van der Waals surface area contributed by atoms with Gasteiger partial charge in [0.05, 0.1) is 24.2 Å². The Balaban J connectivity index is 1.34. The number of nitrogens with one attached hydrogen (secondary N) is 1. The number of morpholine rings is 1. The Morgan fingerprint density at radius 2 is 1.54 bits per heavy atom. The van der Waals surface area contributed by atoms with Crippen molar-refractivity contribution in [1.29, 1.82) is 0 Å². The van der Waals surface area contributed by atoms with E-state index in [1.165, 1.54) is 23.8 Å². The summed E-state index contributed by atoms with van der Waals surface area (Å²) in [7, 11) is 0. The Kier molecular flexibility index (Phi) is 4.94. The molecular weight excluding hydrogens is 452 g/mol. The zero-order chi connectivity index (χ0) is 23.6. The van der Waals surface area contributed by atoms with Crippen molar-refractivity contribution in [2.24, 2.45) is 17.8 Å². The van der Waals surface area contributed by atoms with Crippen LogP contribution in [0, 0.1) is 17.8 Å². The topological polar surface area (TPSA) is 81.0 Å². The van der Waals surface area contributed by atoms with Crippen molar-refractivity contribution >= 4 is 22.9 Å². The van der Waals surface area contributed by atoms with E-state index in [2.05, 4.69) is 15.3 Å². The third-order valence-electron chi connectivity index (χ3n) is 8.30. The first-order valence-corrected chi connectivity index (χ1v) is 12.7. The van der Waals surface area contributed by atoms with Gasteiger partial charge in [-0.2, -0.15) is 15.0 Å². The average Bonchev–Trinajstić information content (AvgIpc) is 3.23. The molecule has 4 bridgehead atoms. The van der Waals surface area contributed by atoms with E-state index in [1.807, 2.05) is 11.0 Å². The SMILES string of the molecule is FC(F)c1nc2ccccc2n1-c1nc(NC23CC4CC(CC(C4)C2)C3)nc(N2CCOCC2)n1. The molecule has 4 aliphatic carbocycles. The first kappa shape index (κ1) is 21.4. The van der Waals surface area contributed by atoms with Crippen LogP contribution >= 0.6 is 0 Å². The number of nitrogens with zero attached hydrogens (tertiary/aromatic N) is 6. The molecule has 10 heteroatoms. The quantitative estimate of drug-likeness (QED) is 0.580. The van der Waals surface area contributed by atoms with Crippen molar-refractivity contribution in [2.45, 2.75) is 50.5 Å². The highest BCUT2D eigenvalue weighted by Crippen LogP contribution is 2.56. The molecule has 1 aromatic carbocycles. The molecule has 8 rings (SSSR count). The van der Waals surface area contributed by atoms with Crippen molar-refractivity contribution < 1.29 is 13.5 Å². The summed E-state index contributed by atoms with van der Waals surface area (Å²) >= 11 is 0. The fourth-order valence-electron chi connectivity index (χ4n) is 7.32. The normalized spacial score (nSPS) is 29.9. The molecule has 5 fully saturated rings. The second-order valence-corrected chi connectivity index (χ2v) is 10.8. The molecule has 184 valence electrons. The van der Waals surface area contributed by atoms with Gasteiger partial charge in [-0.25, -0.2) is 13.8 Å². The molecule has 0 radical (unpaired) electrons. The number of para-hydroxylation sites is 2.